The number of barbiturate groups is 1. The Morgan fingerprint density at radius 3 is 2.42 bits per heavy atom. The average Bonchev–Trinajstić information content (AvgIpc) is 2.90. The Bertz CT molecular complexity index is 1550. The predicted octanol–water partition coefficient (Wildman–Crippen LogP) is 5.69. The zero-order chi connectivity index (χ0) is 29.0. The van der Waals surface area contributed by atoms with Crippen LogP contribution in [-0.2, 0) is 14.4 Å². The quantitative estimate of drug-likeness (QED) is 0.261. The van der Waals surface area contributed by atoms with Crippen LogP contribution in [-0.4, -0.2) is 37.0 Å². The SMILES string of the molecule is CCOc1cc(/C=C2/C(=O)NC(=O)N(c3ccc(Cl)c(Cl)c3)C2=O)ccc1OCC(=O)Nc1ccc(C)cc1C. The molecule has 1 aliphatic rings. The number of hydrogen-bond donors (Lipinski definition) is 2. The second-order valence-corrected chi connectivity index (χ2v) is 9.67. The molecule has 0 spiro atoms. The maximum atomic E-state index is 13.2. The normalized spacial score (nSPS) is 14.3. The fourth-order valence-corrected chi connectivity index (χ4v) is 4.26. The molecule has 5 amide bonds. The van der Waals surface area contributed by atoms with Gasteiger partial charge in [-0.05, 0) is 74.4 Å². The van der Waals surface area contributed by atoms with Crippen LogP contribution in [0.25, 0.3) is 6.08 Å². The first-order chi connectivity index (χ1) is 19.1. The fraction of sp³-hybridized carbons (Fsp3) is 0.172. The number of ether oxygens (including phenoxy) is 2. The first kappa shape index (κ1) is 28.7. The molecule has 4 rings (SSSR count). The van der Waals surface area contributed by atoms with Crippen molar-refractivity contribution in [1.29, 1.82) is 0 Å². The van der Waals surface area contributed by atoms with Crippen LogP contribution in [0.1, 0.15) is 23.6 Å². The van der Waals surface area contributed by atoms with Crippen molar-refractivity contribution in [3.05, 3.63) is 86.9 Å². The van der Waals surface area contributed by atoms with E-state index in [1.54, 1.807) is 25.1 Å². The number of anilines is 2. The van der Waals surface area contributed by atoms with Gasteiger partial charge in [0.1, 0.15) is 5.57 Å². The first-order valence-corrected chi connectivity index (χ1v) is 13.0. The first-order valence-electron chi connectivity index (χ1n) is 12.2. The fourth-order valence-electron chi connectivity index (χ4n) is 3.97. The zero-order valence-corrected chi connectivity index (χ0v) is 23.4. The number of benzene rings is 3. The molecule has 1 heterocycles. The molecule has 0 unspecified atom stereocenters. The predicted molar refractivity (Wildman–Crippen MR) is 153 cm³/mol. The third-order valence-electron chi connectivity index (χ3n) is 5.86. The number of carbonyl (C=O) groups excluding carboxylic acids is 4. The van der Waals surface area contributed by atoms with Crippen LogP contribution in [0.5, 0.6) is 11.5 Å². The van der Waals surface area contributed by atoms with E-state index in [1.165, 1.54) is 24.3 Å². The summed E-state index contributed by atoms with van der Waals surface area (Å²) in [5, 5.41) is 5.36. The molecule has 3 aromatic rings. The summed E-state index contributed by atoms with van der Waals surface area (Å²) in [7, 11) is 0. The minimum Gasteiger partial charge on any atom is -0.490 e. The molecule has 11 heteroatoms. The van der Waals surface area contributed by atoms with Crippen LogP contribution in [0.4, 0.5) is 16.2 Å². The van der Waals surface area contributed by atoms with Gasteiger partial charge in [0.15, 0.2) is 18.1 Å². The van der Waals surface area contributed by atoms with Crippen molar-refractivity contribution in [2.24, 2.45) is 0 Å². The molecule has 3 aromatic carbocycles. The molecule has 1 aliphatic heterocycles. The van der Waals surface area contributed by atoms with Gasteiger partial charge in [-0.25, -0.2) is 9.69 Å². The molecular weight excluding hydrogens is 557 g/mol. The number of amides is 5. The van der Waals surface area contributed by atoms with Gasteiger partial charge in [0.2, 0.25) is 0 Å². The summed E-state index contributed by atoms with van der Waals surface area (Å²) < 4.78 is 11.4. The van der Waals surface area contributed by atoms with E-state index < -0.39 is 17.8 Å². The molecule has 206 valence electrons. The lowest BCUT2D eigenvalue weighted by Gasteiger charge is -2.26. The molecule has 0 aromatic heterocycles. The second kappa shape index (κ2) is 12.2. The van der Waals surface area contributed by atoms with Gasteiger partial charge in [0, 0.05) is 5.69 Å². The third kappa shape index (κ3) is 6.44. The van der Waals surface area contributed by atoms with E-state index in [9.17, 15) is 19.2 Å². The number of rotatable bonds is 8. The topological polar surface area (TPSA) is 114 Å². The summed E-state index contributed by atoms with van der Waals surface area (Å²) in [5.74, 6) is -1.44. The highest BCUT2D eigenvalue weighted by atomic mass is 35.5. The monoisotopic (exact) mass is 581 g/mol. The molecule has 9 nitrogen and oxygen atoms in total. The number of imide groups is 2. The summed E-state index contributed by atoms with van der Waals surface area (Å²) in [6.07, 6.45) is 1.33. The Hall–Kier alpha value is -4.34. The van der Waals surface area contributed by atoms with Crippen molar-refractivity contribution in [2.75, 3.05) is 23.4 Å². The molecule has 0 aliphatic carbocycles. The molecule has 0 radical (unpaired) electrons. The van der Waals surface area contributed by atoms with E-state index in [4.69, 9.17) is 32.7 Å². The van der Waals surface area contributed by atoms with Crippen LogP contribution < -0.4 is 25.0 Å². The standard InChI is InChI=1S/C29H25Cl2N3O6/c1-4-39-25-13-18(6-10-24(25)40-15-26(35)32-23-9-5-16(2)11-17(23)3)12-20-27(36)33-29(38)34(28(20)37)19-7-8-21(30)22(31)14-19/h5-14H,4,15H2,1-3H3,(H,32,35)(H,33,36,38)/b20-12-. The summed E-state index contributed by atoms with van der Waals surface area (Å²) in [4.78, 5) is 51.5. The molecule has 0 bridgehead atoms. The number of nitrogens with one attached hydrogen (secondary N) is 2. The smallest absolute Gasteiger partial charge is 0.335 e. The Kier molecular flexibility index (Phi) is 8.77. The van der Waals surface area contributed by atoms with Gasteiger partial charge in [0.25, 0.3) is 17.7 Å². The van der Waals surface area contributed by atoms with Crippen LogP contribution in [0.15, 0.2) is 60.2 Å². The van der Waals surface area contributed by atoms with Gasteiger partial charge in [-0.15, -0.1) is 0 Å². The van der Waals surface area contributed by atoms with E-state index in [-0.39, 0.29) is 33.8 Å². The number of carbonyl (C=O) groups is 4. The van der Waals surface area contributed by atoms with Crippen LogP contribution in [0.3, 0.4) is 0 Å². The van der Waals surface area contributed by atoms with E-state index in [1.807, 2.05) is 32.0 Å². The largest absolute Gasteiger partial charge is 0.490 e. The zero-order valence-electron chi connectivity index (χ0n) is 21.8. The van der Waals surface area contributed by atoms with Gasteiger partial charge < -0.3 is 14.8 Å². The Labute approximate surface area is 240 Å². The molecule has 1 saturated heterocycles. The van der Waals surface area contributed by atoms with E-state index in [0.29, 0.717) is 29.4 Å². The summed E-state index contributed by atoms with van der Waals surface area (Å²) in [6.45, 7) is 5.68. The van der Waals surface area contributed by atoms with Crippen LogP contribution in [0.2, 0.25) is 10.0 Å². The lowest BCUT2D eigenvalue weighted by Crippen LogP contribution is -2.54. The molecule has 1 fully saturated rings. The Morgan fingerprint density at radius 2 is 1.73 bits per heavy atom. The van der Waals surface area contributed by atoms with Crippen molar-refractivity contribution in [3.8, 4) is 11.5 Å². The van der Waals surface area contributed by atoms with E-state index in [0.717, 1.165) is 16.0 Å². The minimum atomic E-state index is -0.914. The van der Waals surface area contributed by atoms with Crippen LogP contribution >= 0.6 is 23.2 Å². The van der Waals surface area contributed by atoms with Gasteiger partial charge in [-0.2, -0.15) is 0 Å². The maximum Gasteiger partial charge on any atom is 0.335 e. The van der Waals surface area contributed by atoms with E-state index in [2.05, 4.69) is 10.6 Å². The molecule has 2 N–H and O–H groups in total. The van der Waals surface area contributed by atoms with E-state index >= 15 is 0 Å². The summed E-state index contributed by atoms with van der Waals surface area (Å²) in [6, 6.07) is 13.7. The highest BCUT2D eigenvalue weighted by Gasteiger charge is 2.37. The Morgan fingerprint density at radius 1 is 0.950 bits per heavy atom. The van der Waals surface area contributed by atoms with Crippen molar-refractivity contribution < 1.29 is 28.7 Å². The van der Waals surface area contributed by atoms with Crippen molar-refractivity contribution in [2.45, 2.75) is 20.8 Å². The summed E-state index contributed by atoms with van der Waals surface area (Å²) in [5.41, 5.74) is 3.00. The van der Waals surface area contributed by atoms with Gasteiger partial charge >= 0.3 is 6.03 Å². The van der Waals surface area contributed by atoms with Crippen molar-refractivity contribution in [3.63, 3.8) is 0 Å². The van der Waals surface area contributed by atoms with Crippen LogP contribution in [0, 0.1) is 13.8 Å². The average molecular weight is 582 g/mol. The van der Waals surface area contributed by atoms with Gasteiger partial charge in [0.05, 0.1) is 22.3 Å². The number of halogens is 2. The van der Waals surface area contributed by atoms with Gasteiger partial charge in [-0.3, -0.25) is 19.7 Å². The molecular formula is C29H25Cl2N3O6. The second-order valence-electron chi connectivity index (χ2n) is 8.85. The van der Waals surface area contributed by atoms with Gasteiger partial charge in [-0.1, -0.05) is 47.0 Å². The molecule has 0 atom stereocenters. The molecule has 40 heavy (non-hydrogen) atoms. The number of nitrogens with zero attached hydrogens (tertiary/aromatic N) is 1. The lowest BCUT2D eigenvalue weighted by atomic mass is 10.1. The maximum absolute atomic E-state index is 13.2. The number of hydrogen-bond acceptors (Lipinski definition) is 6. The van der Waals surface area contributed by atoms with Crippen molar-refractivity contribution in [1.82, 2.24) is 5.32 Å². The molecule has 0 saturated carbocycles. The number of urea groups is 1. The highest BCUT2D eigenvalue weighted by Crippen LogP contribution is 2.32. The lowest BCUT2D eigenvalue weighted by molar-refractivity contribution is -0.122. The summed E-state index contributed by atoms with van der Waals surface area (Å²) >= 11 is 12.0. The third-order valence-corrected chi connectivity index (χ3v) is 6.60. The minimum absolute atomic E-state index is 0.141. The Balaban J connectivity index is 1.54. The van der Waals surface area contributed by atoms with Crippen molar-refractivity contribution >= 4 is 64.4 Å². The highest BCUT2D eigenvalue weighted by molar-refractivity contribution is 6.43. The number of aryl methyl sites for hydroxylation is 2.